The van der Waals surface area contributed by atoms with Gasteiger partial charge in [0.15, 0.2) is 17.2 Å². The van der Waals surface area contributed by atoms with Crippen LogP contribution in [0.4, 0.5) is 8.78 Å². The van der Waals surface area contributed by atoms with Crippen LogP contribution < -0.4 is 5.48 Å². The molecule has 0 aliphatic carbocycles. The van der Waals surface area contributed by atoms with Crippen LogP contribution >= 0.6 is 0 Å². The Morgan fingerprint density at radius 2 is 1.95 bits per heavy atom. The second kappa shape index (κ2) is 4.95. The van der Waals surface area contributed by atoms with Crippen molar-refractivity contribution < 1.29 is 23.2 Å². The molecule has 106 valence electrons. The molecule has 1 heterocycles. The van der Waals surface area contributed by atoms with Gasteiger partial charge in [0.2, 0.25) is 5.89 Å². The Bertz CT molecular complexity index is 845. The van der Waals surface area contributed by atoms with E-state index in [4.69, 9.17) is 9.62 Å². The van der Waals surface area contributed by atoms with E-state index in [1.54, 1.807) is 0 Å². The lowest BCUT2D eigenvalue weighted by atomic mass is 10.2. The Hall–Kier alpha value is -2.80. The molecule has 0 fully saturated rings. The molecule has 3 aromatic rings. The van der Waals surface area contributed by atoms with Gasteiger partial charge in [-0.05, 0) is 36.4 Å². The van der Waals surface area contributed by atoms with Crippen LogP contribution in [0.5, 0.6) is 0 Å². The van der Waals surface area contributed by atoms with E-state index in [0.717, 1.165) is 12.1 Å². The topological polar surface area (TPSA) is 75.4 Å². The van der Waals surface area contributed by atoms with Gasteiger partial charge in [0, 0.05) is 11.1 Å². The average Bonchev–Trinajstić information content (AvgIpc) is 2.92. The number of aromatic nitrogens is 1. The number of amides is 1. The molecule has 1 aromatic heterocycles. The van der Waals surface area contributed by atoms with Gasteiger partial charge in [-0.3, -0.25) is 10.0 Å². The van der Waals surface area contributed by atoms with Gasteiger partial charge in [0.25, 0.3) is 5.91 Å². The zero-order chi connectivity index (χ0) is 15.0. The Kier molecular flexibility index (Phi) is 3.11. The summed E-state index contributed by atoms with van der Waals surface area (Å²) in [7, 11) is 0. The Morgan fingerprint density at radius 3 is 2.67 bits per heavy atom. The number of rotatable bonds is 2. The van der Waals surface area contributed by atoms with E-state index in [9.17, 15) is 13.6 Å². The molecule has 1 amide bonds. The fraction of sp³-hybridized carbons (Fsp3) is 0. The van der Waals surface area contributed by atoms with E-state index in [2.05, 4.69) is 4.98 Å². The number of carbonyl (C=O) groups is 1. The first-order valence-corrected chi connectivity index (χ1v) is 5.89. The fourth-order valence-corrected chi connectivity index (χ4v) is 1.89. The number of benzene rings is 2. The minimum atomic E-state index is -1.00. The SMILES string of the molecule is O=C(NO)c1ccc2oc(-c3ccc(F)c(F)c3)nc2c1. The molecule has 3 rings (SSSR count). The lowest BCUT2D eigenvalue weighted by Crippen LogP contribution is -2.18. The van der Waals surface area contributed by atoms with Crippen LogP contribution in [0.3, 0.4) is 0 Å². The Morgan fingerprint density at radius 1 is 1.14 bits per heavy atom. The quantitative estimate of drug-likeness (QED) is 0.562. The summed E-state index contributed by atoms with van der Waals surface area (Å²) < 4.78 is 31.5. The van der Waals surface area contributed by atoms with Crippen LogP contribution in [0.25, 0.3) is 22.6 Å². The van der Waals surface area contributed by atoms with E-state index >= 15 is 0 Å². The molecule has 0 aliphatic rings. The first kappa shape index (κ1) is 13.2. The van der Waals surface area contributed by atoms with Crippen LogP contribution in [0.15, 0.2) is 40.8 Å². The van der Waals surface area contributed by atoms with E-state index < -0.39 is 17.5 Å². The highest BCUT2D eigenvalue weighted by Gasteiger charge is 2.13. The molecule has 0 unspecified atom stereocenters. The molecule has 0 saturated carbocycles. The zero-order valence-electron chi connectivity index (χ0n) is 10.4. The average molecular weight is 290 g/mol. The van der Waals surface area contributed by atoms with Crippen molar-refractivity contribution in [2.24, 2.45) is 0 Å². The van der Waals surface area contributed by atoms with E-state index in [1.165, 1.54) is 29.7 Å². The number of hydrogen-bond donors (Lipinski definition) is 2. The van der Waals surface area contributed by atoms with E-state index in [0.29, 0.717) is 11.1 Å². The molecule has 0 saturated heterocycles. The number of hydroxylamine groups is 1. The molecule has 2 N–H and O–H groups in total. The Labute approximate surface area is 116 Å². The van der Waals surface area contributed by atoms with Gasteiger partial charge < -0.3 is 4.42 Å². The normalized spacial score (nSPS) is 10.8. The van der Waals surface area contributed by atoms with Crippen LogP contribution in [-0.2, 0) is 0 Å². The van der Waals surface area contributed by atoms with Crippen LogP contribution in [0, 0.1) is 11.6 Å². The van der Waals surface area contributed by atoms with Crippen molar-refractivity contribution in [3.8, 4) is 11.5 Å². The number of halogens is 2. The number of fused-ring (bicyclic) bond motifs is 1. The number of carbonyl (C=O) groups excluding carboxylic acids is 1. The number of oxazole rings is 1. The molecule has 0 aliphatic heterocycles. The highest BCUT2D eigenvalue weighted by atomic mass is 19.2. The smallest absolute Gasteiger partial charge is 0.274 e. The van der Waals surface area contributed by atoms with E-state index in [1.807, 2.05) is 0 Å². The molecule has 21 heavy (non-hydrogen) atoms. The van der Waals surface area contributed by atoms with Gasteiger partial charge in [0.1, 0.15) is 5.52 Å². The lowest BCUT2D eigenvalue weighted by Gasteiger charge is -1.96. The summed E-state index contributed by atoms with van der Waals surface area (Å²) in [4.78, 5) is 15.4. The maximum Gasteiger partial charge on any atom is 0.274 e. The van der Waals surface area contributed by atoms with Gasteiger partial charge in [-0.2, -0.15) is 0 Å². The second-order valence-corrected chi connectivity index (χ2v) is 4.27. The van der Waals surface area contributed by atoms with Gasteiger partial charge in [-0.15, -0.1) is 0 Å². The summed E-state index contributed by atoms with van der Waals surface area (Å²) in [6.45, 7) is 0. The molecule has 0 bridgehead atoms. The molecule has 0 atom stereocenters. The van der Waals surface area contributed by atoms with Gasteiger partial charge in [-0.25, -0.2) is 19.2 Å². The molecular weight excluding hydrogens is 282 g/mol. The van der Waals surface area contributed by atoms with Crippen molar-refractivity contribution in [2.75, 3.05) is 0 Å². The van der Waals surface area contributed by atoms with Crippen molar-refractivity contribution >= 4 is 17.0 Å². The summed E-state index contributed by atoms with van der Waals surface area (Å²) in [5.41, 5.74) is 2.71. The zero-order valence-corrected chi connectivity index (χ0v) is 10.4. The van der Waals surface area contributed by atoms with Gasteiger partial charge in [0.05, 0.1) is 0 Å². The number of nitrogens with one attached hydrogen (secondary N) is 1. The van der Waals surface area contributed by atoms with Gasteiger partial charge in [-0.1, -0.05) is 0 Å². The summed E-state index contributed by atoms with van der Waals surface area (Å²) in [5.74, 6) is -2.55. The molecule has 0 radical (unpaired) electrons. The van der Waals surface area contributed by atoms with Crippen LogP contribution in [-0.4, -0.2) is 16.1 Å². The number of hydrogen-bond acceptors (Lipinski definition) is 4. The minimum Gasteiger partial charge on any atom is -0.436 e. The predicted octanol–water partition coefficient (Wildman–Crippen LogP) is 2.89. The molecule has 7 heteroatoms. The highest BCUT2D eigenvalue weighted by molar-refractivity contribution is 5.96. The van der Waals surface area contributed by atoms with Crippen molar-refractivity contribution in [3.63, 3.8) is 0 Å². The first-order valence-electron chi connectivity index (χ1n) is 5.89. The third kappa shape index (κ3) is 2.34. The standard InChI is InChI=1S/C14H8F2N2O3/c15-9-3-1-8(5-10(9)16)14-17-11-6-7(13(19)18-20)2-4-12(11)21-14/h1-6,20H,(H,18,19). The van der Waals surface area contributed by atoms with Crippen molar-refractivity contribution in [1.82, 2.24) is 10.5 Å². The van der Waals surface area contributed by atoms with E-state index in [-0.39, 0.29) is 17.0 Å². The lowest BCUT2D eigenvalue weighted by molar-refractivity contribution is 0.0706. The largest absolute Gasteiger partial charge is 0.436 e. The Balaban J connectivity index is 2.08. The molecular formula is C14H8F2N2O3. The van der Waals surface area contributed by atoms with Crippen molar-refractivity contribution in [2.45, 2.75) is 0 Å². The molecule has 5 nitrogen and oxygen atoms in total. The van der Waals surface area contributed by atoms with Crippen molar-refractivity contribution in [3.05, 3.63) is 53.6 Å². The third-order valence-corrected chi connectivity index (χ3v) is 2.92. The number of nitrogens with zero attached hydrogens (tertiary/aromatic N) is 1. The monoisotopic (exact) mass is 290 g/mol. The predicted molar refractivity (Wildman–Crippen MR) is 68.6 cm³/mol. The maximum absolute atomic E-state index is 13.2. The molecule has 2 aromatic carbocycles. The molecule has 0 spiro atoms. The first-order chi connectivity index (χ1) is 10.1. The minimum absolute atomic E-state index is 0.102. The van der Waals surface area contributed by atoms with Gasteiger partial charge >= 0.3 is 0 Å². The summed E-state index contributed by atoms with van der Waals surface area (Å²) in [6.07, 6.45) is 0. The highest BCUT2D eigenvalue weighted by Crippen LogP contribution is 2.26. The summed E-state index contributed by atoms with van der Waals surface area (Å²) >= 11 is 0. The van der Waals surface area contributed by atoms with Crippen LogP contribution in [0.1, 0.15) is 10.4 Å². The fourth-order valence-electron chi connectivity index (χ4n) is 1.89. The summed E-state index contributed by atoms with van der Waals surface area (Å²) in [6, 6.07) is 7.63. The summed E-state index contributed by atoms with van der Waals surface area (Å²) in [5, 5.41) is 8.58. The van der Waals surface area contributed by atoms with Crippen molar-refractivity contribution in [1.29, 1.82) is 0 Å². The van der Waals surface area contributed by atoms with Crippen LogP contribution in [0.2, 0.25) is 0 Å². The third-order valence-electron chi connectivity index (χ3n) is 2.92. The second-order valence-electron chi connectivity index (χ2n) is 4.27. The maximum atomic E-state index is 13.2.